The topological polar surface area (TPSA) is 76.8 Å². The van der Waals surface area contributed by atoms with Gasteiger partial charge >= 0.3 is 5.97 Å². The molecule has 0 radical (unpaired) electrons. The lowest BCUT2D eigenvalue weighted by molar-refractivity contribution is 0.0601. The second-order valence-electron chi connectivity index (χ2n) is 9.63. The predicted octanol–water partition coefficient (Wildman–Crippen LogP) is 7.41. The number of carbonyl (C=O) groups is 1. The largest absolute Gasteiger partial charge is 0.465 e. The first-order valence-electron chi connectivity index (χ1n) is 13.1. The van der Waals surface area contributed by atoms with Crippen LogP contribution in [0.4, 0.5) is 5.69 Å². The third-order valence-electron chi connectivity index (χ3n) is 7.02. The van der Waals surface area contributed by atoms with Crippen molar-refractivity contribution in [2.75, 3.05) is 12.0 Å². The first kappa shape index (κ1) is 26.3. The van der Waals surface area contributed by atoms with E-state index in [0.717, 1.165) is 34.0 Å². The van der Waals surface area contributed by atoms with Gasteiger partial charge < -0.3 is 24.1 Å². The van der Waals surface area contributed by atoms with Crippen LogP contribution in [0.5, 0.6) is 11.5 Å². The van der Waals surface area contributed by atoms with Crippen molar-refractivity contribution in [1.29, 1.82) is 0 Å². The van der Waals surface area contributed by atoms with E-state index in [4.69, 9.17) is 26.1 Å². The molecule has 0 amide bonds. The van der Waals surface area contributed by atoms with E-state index in [1.165, 1.54) is 7.11 Å². The van der Waals surface area contributed by atoms with E-state index in [2.05, 4.69) is 10.3 Å². The van der Waals surface area contributed by atoms with E-state index in [-0.39, 0.29) is 12.1 Å². The minimum Gasteiger partial charge on any atom is -0.465 e. The number of aryl methyl sites for hydroxylation is 1. The van der Waals surface area contributed by atoms with Crippen LogP contribution in [-0.2, 0) is 4.74 Å². The maximum atomic E-state index is 12.1. The average molecular weight is 562 g/mol. The molecule has 2 atom stereocenters. The van der Waals surface area contributed by atoms with Crippen LogP contribution in [0.25, 0.3) is 11.3 Å². The van der Waals surface area contributed by atoms with Crippen LogP contribution in [0.3, 0.4) is 0 Å². The Kier molecular flexibility index (Phi) is 7.22. The summed E-state index contributed by atoms with van der Waals surface area (Å²) in [6.45, 7) is 2.02. The van der Waals surface area contributed by atoms with E-state index in [1.807, 2.05) is 96.8 Å². The number of methoxy groups -OCH3 is 1. The summed E-state index contributed by atoms with van der Waals surface area (Å²) in [5.41, 5.74) is 4.01. The zero-order chi connectivity index (χ0) is 28.3. The number of para-hydroxylation sites is 1. The standard InChI is InChI=1S/C33H27N3O4S/c1-21-8-3-4-12-27(21)39-25-15-13-24(14-16-25)36-31(30(35-33(36)41)26-11-5-6-19-34-26)29-18-17-28(40-29)22-9-7-10-23(20-22)32(37)38-2/h3-20,30-31H,1-2H3,(H,35,41)/t30-,31+/m0/s1. The van der Waals surface area contributed by atoms with Gasteiger partial charge in [-0.2, -0.15) is 0 Å². The summed E-state index contributed by atoms with van der Waals surface area (Å²) >= 11 is 5.85. The smallest absolute Gasteiger partial charge is 0.337 e. The molecule has 3 heterocycles. The van der Waals surface area contributed by atoms with Crippen LogP contribution in [0, 0.1) is 6.92 Å². The molecule has 0 bridgehead atoms. The minimum absolute atomic E-state index is 0.257. The van der Waals surface area contributed by atoms with Crippen LogP contribution in [0.2, 0.25) is 0 Å². The summed E-state index contributed by atoms with van der Waals surface area (Å²) in [6.07, 6.45) is 1.77. The zero-order valence-corrected chi connectivity index (χ0v) is 23.3. The van der Waals surface area contributed by atoms with E-state index in [1.54, 1.807) is 24.4 Å². The number of thiocarbonyl (C=S) groups is 1. The lowest BCUT2D eigenvalue weighted by Crippen LogP contribution is -2.29. The van der Waals surface area contributed by atoms with Crippen molar-refractivity contribution in [2.45, 2.75) is 19.0 Å². The molecule has 7 nitrogen and oxygen atoms in total. The van der Waals surface area contributed by atoms with E-state index in [0.29, 0.717) is 22.2 Å². The third-order valence-corrected chi connectivity index (χ3v) is 7.34. The molecule has 5 aromatic rings. The molecule has 6 rings (SSSR count). The van der Waals surface area contributed by atoms with Crippen molar-refractivity contribution < 1.29 is 18.7 Å². The molecule has 204 valence electrons. The summed E-state index contributed by atoms with van der Waals surface area (Å²) in [5.74, 6) is 2.47. The Hall–Kier alpha value is -4.95. The molecular weight excluding hydrogens is 534 g/mol. The molecule has 1 aliphatic heterocycles. The van der Waals surface area contributed by atoms with Gasteiger partial charge in [0.2, 0.25) is 0 Å². The van der Waals surface area contributed by atoms with Crippen molar-refractivity contribution in [2.24, 2.45) is 0 Å². The monoisotopic (exact) mass is 561 g/mol. The molecule has 0 spiro atoms. The Bertz CT molecular complexity index is 1700. The number of nitrogens with zero attached hydrogens (tertiary/aromatic N) is 2. The van der Waals surface area contributed by atoms with Gasteiger partial charge in [-0.3, -0.25) is 4.98 Å². The van der Waals surface area contributed by atoms with Gasteiger partial charge in [-0.25, -0.2) is 4.79 Å². The van der Waals surface area contributed by atoms with Gasteiger partial charge in [0.05, 0.1) is 24.4 Å². The number of hydrogen-bond acceptors (Lipinski definition) is 6. The van der Waals surface area contributed by atoms with E-state index < -0.39 is 5.97 Å². The number of rotatable bonds is 7. The van der Waals surface area contributed by atoms with Gasteiger partial charge in [0.15, 0.2) is 5.11 Å². The molecule has 0 aliphatic carbocycles. The average Bonchev–Trinajstić information content (AvgIpc) is 3.63. The fraction of sp³-hybridized carbons (Fsp3) is 0.121. The lowest BCUT2D eigenvalue weighted by Gasteiger charge is -2.26. The van der Waals surface area contributed by atoms with Gasteiger partial charge in [0, 0.05) is 17.4 Å². The zero-order valence-electron chi connectivity index (χ0n) is 22.5. The number of benzene rings is 3. The Balaban J connectivity index is 1.35. The van der Waals surface area contributed by atoms with Crippen LogP contribution in [-0.4, -0.2) is 23.2 Å². The number of hydrogen-bond donors (Lipinski definition) is 1. The molecule has 1 N–H and O–H groups in total. The fourth-order valence-electron chi connectivity index (χ4n) is 4.98. The SMILES string of the molecule is COC(=O)c1cccc(-c2ccc([C@@H]3[C@H](c4ccccn4)NC(=S)N3c3ccc(Oc4ccccc4C)cc3)o2)c1. The maximum absolute atomic E-state index is 12.1. The van der Waals surface area contributed by atoms with Crippen molar-refractivity contribution in [1.82, 2.24) is 10.3 Å². The molecule has 3 aromatic carbocycles. The van der Waals surface area contributed by atoms with Gasteiger partial charge in [-0.1, -0.05) is 36.4 Å². The number of aromatic nitrogens is 1. The second kappa shape index (κ2) is 11.3. The van der Waals surface area contributed by atoms with Crippen molar-refractivity contribution in [3.8, 4) is 22.8 Å². The number of anilines is 1. The molecule has 1 aliphatic rings. The van der Waals surface area contributed by atoms with Crippen molar-refractivity contribution in [3.05, 3.63) is 132 Å². The van der Waals surface area contributed by atoms with Crippen LogP contribution < -0.4 is 15.0 Å². The minimum atomic E-state index is -0.403. The Morgan fingerprint density at radius 2 is 1.76 bits per heavy atom. The summed E-state index contributed by atoms with van der Waals surface area (Å²) in [7, 11) is 1.36. The molecule has 1 fully saturated rings. The summed E-state index contributed by atoms with van der Waals surface area (Å²) in [6, 6.07) is 32.0. The Morgan fingerprint density at radius 3 is 2.51 bits per heavy atom. The molecular formula is C33H27N3O4S. The number of esters is 1. The fourth-order valence-corrected chi connectivity index (χ4v) is 5.32. The quantitative estimate of drug-likeness (QED) is 0.163. The third kappa shape index (κ3) is 5.29. The highest BCUT2D eigenvalue weighted by molar-refractivity contribution is 7.80. The molecule has 0 saturated carbocycles. The second-order valence-corrected chi connectivity index (χ2v) is 10.0. The van der Waals surface area contributed by atoms with Gasteiger partial charge in [-0.15, -0.1) is 0 Å². The predicted molar refractivity (Wildman–Crippen MR) is 161 cm³/mol. The maximum Gasteiger partial charge on any atom is 0.337 e. The lowest BCUT2D eigenvalue weighted by atomic mass is 10.0. The number of furan rings is 1. The highest BCUT2D eigenvalue weighted by Crippen LogP contribution is 2.43. The summed E-state index contributed by atoms with van der Waals surface area (Å²) in [5, 5.41) is 4.01. The number of ether oxygens (including phenoxy) is 2. The molecule has 41 heavy (non-hydrogen) atoms. The molecule has 2 aromatic heterocycles. The highest BCUT2D eigenvalue weighted by Gasteiger charge is 2.42. The van der Waals surface area contributed by atoms with Crippen LogP contribution >= 0.6 is 12.2 Å². The normalized spacial score (nSPS) is 16.3. The van der Waals surface area contributed by atoms with E-state index in [9.17, 15) is 4.79 Å². The first-order chi connectivity index (χ1) is 20.0. The van der Waals surface area contributed by atoms with Gasteiger partial charge in [0.1, 0.15) is 29.1 Å². The van der Waals surface area contributed by atoms with Crippen molar-refractivity contribution >= 4 is 29.0 Å². The Morgan fingerprint density at radius 1 is 0.951 bits per heavy atom. The first-order valence-corrected chi connectivity index (χ1v) is 13.6. The van der Waals surface area contributed by atoms with Gasteiger partial charge in [0.25, 0.3) is 0 Å². The van der Waals surface area contributed by atoms with E-state index >= 15 is 0 Å². The Labute approximate surface area is 243 Å². The van der Waals surface area contributed by atoms with Gasteiger partial charge in [-0.05, 0) is 91.4 Å². The molecule has 0 unspecified atom stereocenters. The van der Waals surface area contributed by atoms with Crippen LogP contribution in [0.15, 0.2) is 114 Å². The summed E-state index contributed by atoms with van der Waals surface area (Å²) in [4.78, 5) is 18.7. The number of pyridine rings is 1. The number of carbonyl (C=O) groups excluding carboxylic acids is 1. The van der Waals surface area contributed by atoms with Crippen LogP contribution in [0.1, 0.15) is 39.5 Å². The highest BCUT2D eigenvalue weighted by atomic mass is 32.1. The number of nitrogens with one attached hydrogen (secondary N) is 1. The molecule has 1 saturated heterocycles. The summed E-state index contributed by atoms with van der Waals surface area (Å²) < 4.78 is 17.4. The molecule has 8 heteroatoms. The van der Waals surface area contributed by atoms with Crippen molar-refractivity contribution in [3.63, 3.8) is 0 Å².